The Balaban J connectivity index is 2.03. The van der Waals surface area contributed by atoms with E-state index in [0.717, 1.165) is 6.42 Å². The van der Waals surface area contributed by atoms with E-state index in [0.29, 0.717) is 30.4 Å². The molecule has 0 aliphatic carbocycles. The van der Waals surface area contributed by atoms with Gasteiger partial charge < -0.3 is 15.8 Å². The highest BCUT2D eigenvalue weighted by atomic mass is 32.2. The number of hydrogen-bond acceptors (Lipinski definition) is 6. The molecule has 1 aliphatic heterocycles. The van der Waals surface area contributed by atoms with Gasteiger partial charge in [0.05, 0.1) is 22.8 Å². The minimum absolute atomic E-state index is 0.0183. The summed E-state index contributed by atoms with van der Waals surface area (Å²) in [5, 5.41) is 2.73. The normalized spacial score (nSPS) is 21.1. The fourth-order valence-corrected chi connectivity index (χ4v) is 3.94. The standard InChI is InChI=1S/C13H21N3O3S/c1-9(2)19-13-11(14)5-6-12(16-13)15-8-10-4-3-7-20(10,17)18/h5-6,9-10H,3-4,7-8,14H2,1-2H3,(H,15,16). The molecule has 1 saturated heterocycles. The molecular formula is C13H21N3O3S. The molecule has 0 amide bonds. The first-order chi connectivity index (χ1) is 9.38. The van der Waals surface area contributed by atoms with E-state index in [2.05, 4.69) is 10.3 Å². The zero-order valence-corrected chi connectivity index (χ0v) is 12.6. The van der Waals surface area contributed by atoms with Crippen molar-refractivity contribution < 1.29 is 13.2 Å². The summed E-state index contributed by atoms with van der Waals surface area (Å²) in [5.41, 5.74) is 6.26. The molecule has 1 unspecified atom stereocenters. The largest absolute Gasteiger partial charge is 0.473 e. The van der Waals surface area contributed by atoms with Gasteiger partial charge in [0.15, 0.2) is 9.84 Å². The summed E-state index contributed by atoms with van der Waals surface area (Å²) >= 11 is 0. The molecule has 0 spiro atoms. The first-order valence-corrected chi connectivity index (χ1v) is 8.48. The molecule has 7 heteroatoms. The summed E-state index contributed by atoms with van der Waals surface area (Å²) in [6.45, 7) is 4.17. The maximum absolute atomic E-state index is 11.7. The molecule has 0 bridgehead atoms. The minimum atomic E-state index is -2.94. The van der Waals surface area contributed by atoms with Crippen molar-refractivity contribution in [3.05, 3.63) is 12.1 Å². The fourth-order valence-electron chi connectivity index (χ4n) is 2.17. The number of nitrogens with two attached hydrogens (primary N) is 1. The Bertz CT molecular complexity index is 572. The van der Waals surface area contributed by atoms with Crippen molar-refractivity contribution in [1.29, 1.82) is 0 Å². The van der Waals surface area contributed by atoms with Crippen LogP contribution in [0.3, 0.4) is 0 Å². The van der Waals surface area contributed by atoms with Crippen LogP contribution in [0.4, 0.5) is 11.5 Å². The second kappa shape index (κ2) is 5.87. The molecule has 112 valence electrons. The van der Waals surface area contributed by atoms with Crippen molar-refractivity contribution in [3.8, 4) is 5.88 Å². The number of nitrogens with one attached hydrogen (secondary N) is 1. The van der Waals surface area contributed by atoms with E-state index < -0.39 is 9.84 Å². The van der Waals surface area contributed by atoms with Crippen molar-refractivity contribution >= 4 is 21.3 Å². The molecule has 6 nitrogen and oxygen atoms in total. The lowest BCUT2D eigenvalue weighted by Crippen LogP contribution is -2.25. The molecule has 0 radical (unpaired) electrons. The topological polar surface area (TPSA) is 94.3 Å². The van der Waals surface area contributed by atoms with E-state index in [9.17, 15) is 8.42 Å². The number of ether oxygens (including phenoxy) is 1. The molecule has 0 saturated carbocycles. The number of nitrogens with zero attached hydrogens (tertiary/aromatic N) is 1. The third-order valence-corrected chi connectivity index (χ3v) is 5.49. The van der Waals surface area contributed by atoms with Gasteiger partial charge in [0.1, 0.15) is 5.82 Å². The monoisotopic (exact) mass is 299 g/mol. The highest BCUT2D eigenvalue weighted by molar-refractivity contribution is 7.92. The van der Waals surface area contributed by atoms with Crippen molar-refractivity contribution in [2.75, 3.05) is 23.3 Å². The number of anilines is 2. The Hall–Kier alpha value is -1.50. The average Bonchev–Trinajstić information content (AvgIpc) is 2.69. The average molecular weight is 299 g/mol. The van der Waals surface area contributed by atoms with Gasteiger partial charge in [0.25, 0.3) is 0 Å². The lowest BCUT2D eigenvalue weighted by atomic mass is 10.2. The number of sulfone groups is 1. The van der Waals surface area contributed by atoms with Crippen molar-refractivity contribution in [2.45, 2.75) is 38.0 Å². The van der Waals surface area contributed by atoms with E-state index in [1.807, 2.05) is 13.8 Å². The summed E-state index contributed by atoms with van der Waals surface area (Å²) in [6.07, 6.45) is 1.43. The summed E-state index contributed by atoms with van der Waals surface area (Å²) < 4.78 is 29.0. The van der Waals surface area contributed by atoms with Crippen LogP contribution >= 0.6 is 0 Å². The van der Waals surface area contributed by atoms with E-state index in [1.54, 1.807) is 12.1 Å². The summed E-state index contributed by atoms with van der Waals surface area (Å²) in [6, 6.07) is 3.43. The zero-order chi connectivity index (χ0) is 14.8. The second-order valence-corrected chi connectivity index (χ2v) is 7.67. The second-order valence-electron chi connectivity index (χ2n) is 5.27. The van der Waals surface area contributed by atoms with Crippen LogP contribution in [0, 0.1) is 0 Å². The van der Waals surface area contributed by atoms with Crippen molar-refractivity contribution in [3.63, 3.8) is 0 Å². The highest BCUT2D eigenvalue weighted by Crippen LogP contribution is 2.24. The number of rotatable bonds is 5. The Morgan fingerprint density at radius 1 is 1.50 bits per heavy atom. The maximum atomic E-state index is 11.7. The predicted molar refractivity (Wildman–Crippen MR) is 79.7 cm³/mol. The van der Waals surface area contributed by atoms with Gasteiger partial charge in [-0.25, -0.2) is 8.42 Å². The van der Waals surface area contributed by atoms with Gasteiger partial charge >= 0.3 is 0 Å². The van der Waals surface area contributed by atoms with Gasteiger partial charge in [0, 0.05) is 6.54 Å². The van der Waals surface area contributed by atoms with Gasteiger partial charge in [-0.15, -0.1) is 0 Å². The molecule has 1 aromatic rings. The van der Waals surface area contributed by atoms with Gasteiger partial charge in [-0.05, 0) is 38.8 Å². The first kappa shape index (κ1) is 14.9. The molecule has 1 aliphatic rings. The molecule has 1 atom stereocenters. The fraction of sp³-hybridized carbons (Fsp3) is 0.615. The molecule has 2 rings (SSSR count). The lowest BCUT2D eigenvalue weighted by molar-refractivity contribution is 0.234. The Kier molecular flexibility index (Phi) is 4.37. The van der Waals surface area contributed by atoms with Crippen molar-refractivity contribution in [1.82, 2.24) is 4.98 Å². The van der Waals surface area contributed by atoms with Crippen LogP contribution in [0.15, 0.2) is 12.1 Å². The van der Waals surface area contributed by atoms with Crippen molar-refractivity contribution in [2.24, 2.45) is 0 Å². The first-order valence-electron chi connectivity index (χ1n) is 6.77. The number of pyridine rings is 1. The van der Waals surface area contributed by atoms with Crippen LogP contribution in [0.2, 0.25) is 0 Å². The SMILES string of the molecule is CC(C)Oc1nc(NCC2CCCS2(=O)=O)ccc1N. The summed E-state index contributed by atoms with van der Waals surface area (Å²) in [7, 11) is -2.94. The van der Waals surface area contributed by atoms with Crippen LogP contribution in [0.1, 0.15) is 26.7 Å². The molecule has 3 N–H and O–H groups in total. The number of hydrogen-bond donors (Lipinski definition) is 2. The Morgan fingerprint density at radius 3 is 2.85 bits per heavy atom. The van der Waals surface area contributed by atoms with Gasteiger partial charge in [-0.1, -0.05) is 0 Å². The van der Waals surface area contributed by atoms with Gasteiger partial charge in [0.2, 0.25) is 5.88 Å². The van der Waals surface area contributed by atoms with Crippen LogP contribution in [0.25, 0.3) is 0 Å². The Labute approximate surface area is 119 Å². The molecule has 1 aromatic heterocycles. The highest BCUT2D eigenvalue weighted by Gasteiger charge is 2.30. The maximum Gasteiger partial charge on any atom is 0.239 e. The zero-order valence-electron chi connectivity index (χ0n) is 11.8. The Morgan fingerprint density at radius 2 is 2.25 bits per heavy atom. The van der Waals surface area contributed by atoms with Crippen LogP contribution in [-0.2, 0) is 9.84 Å². The van der Waals surface area contributed by atoms with E-state index >= 15 is 0 Å². The van der Waals surface area contributed by atoms with E-state index in [-0.39, 0.29) is 17.1 Å². The number of aromatic nitrogens is 1. The van der Waals surface area contributed by atoms with Gasteiger partial charge in [-0.3, -0.25) is 0 Å². The quantitative estimate of drug-likeness (QED) is 0.854. The molecule has 0 aromatic carbocycles. The molecule has 20 heavy (non-hydrogen) atoms. The smallest absolute Gasteiger partial charge is 0.239 e. The minimum Gasteiger partial charge on any atom is -0.473 e. The van der Waals surface area contributed by atoms with Gasteiger partial charge in [-0.2, -0.15) is 4.98 Å². The van der Waals surface area contributed by atoms with Crippen LogP contribution < -0.4 is 15.8 Å². The predicted octanol–water partition coefficient (Wildman–Crippen LogP) is 1.44. The third-order valence-electron chi connectivity index (χ3n) is 3.21. The number of nitrogen functional groups attached to an aromatic ring is 1. The molecule has 2 heterocycles. The van der Waals surface area contributed by atoms with E-state index in [4.69, 9.17) is 10.5 Å². The summed E-state index contributed by atoms with van der Waals surface area (Å²) in [5.74, 6) is 1.24. The summed E-state index contributed by atoms with van der Waals surface area (Å²) in [4.78, 5) is 4.27. The van der Waals surface area contributed by atoms with Crippen LogP contribution in [0.5, 0.6) is 5.88 Å². The molecule has 1 fully saturated rings. The van der Waals surface area contributed by atoms with Crippen LogP contribution in [-0.4, -0.2) is 37.1 Å². The third kappa shape index (κ3) is 3.53. The molecular weight excluding hydrogens is 278 g/mol. The lowest BCUT2D eigenvalue weighted by Gasteiger charge is -2.14. The van der Waals surface area contributed by atoms with E-state index in [1.165, 1.54) is 0 Å².